The van der Waals surface area contributed by atoms with E-state index in [0.717, 1.165) is 5.56 Å². The third-order valence-corrected chi connectivity index (χ3v) is 3.63. The Balaban J connectivity index is 2.46. The van der Waals surface area contributed by atoms with Crippen molar-refractivity contribution in [2.24, 2.45) is 0 Å². The van der Waals surface area contributed by atoms with Crippen LogP contribution in [0.25, 0.3) is 12.2 Å². The Morgan fingerprint density at radius 2 is 1.35 bits per heavy atom. The van der Waals surface area contributed by atoms with E-state index in [2.05, 4.69) is 0 Å². The van der Waals surface area contributed by atoms with Crippen molar-refractivity contribution in [2.45, 2.75) is 0 Å². The van der Waals surface area contributed by atoms with Crippen molar-refractivity contribution in [3.05, 3.63) is 45.5 Å². The van der Waals surface area contributed by atoms with Crippen LogP contribution in [0.5, 0.6) is 28.7 Å². The van der Waals surface area contributed by atoms with E-state index in [1.165, 1.54) is 40.6 Å². The van der Waals surface area contributed by atoms with Gasteiger partial charge < -0.3 is 24.1 Å². The number of hydrogen-bond donors (Lipinski definition) is 1. The molecule has 1 N–H and O–H groups in total. The Morgan fingerprint density at radius 3 is 1.77 bits per heavy atom. The molecule has 0 aliphatic heterocycles. The number of methoxy groups -OCH3 is 4. The lowest BCUT2D eigenvalue weighted by Gasteiger charge is -2.12. The molecule has 0 spiro atoms. The summed E-state index contributed by atoms with van der Waals surface area (Å²) in [6, 6.07) is 6.15. The van der Waals surface area contributed by atoms with Gasteiger partial charge in [0.2, 0.25) is 11.5 Å². The van der Waals surface area contributed by atoms with Gasteiger partial charge in [0.1, 0.15) is 0 Å². The Labute approximate surface area is 150 Å². The average molecular weight is 361 g/mol. The standard InChI is InChI=1S/C18H19NO7/c1-23-15-9-12(10-16(24-2)18(15)26-4)6-5-11-7-13(19(21)22)17(25-3)14(20)8-11/h5-10,20H,1-4H3/b6-5-. The quantitative estimate of drug-likeness (QED) is 0.457. The van der Waals surface area contributed by atoms with E-state index in [4.69, 9.17) is 18.9 Å². The van der Waals surface area contributed by atoms with Crippen LogP contribution < -0.4 is 18.9 Å². The van der Waals surface area contributed by atoms with E-state index in [-0.39, 0.29) is 17.2 Å². The van der Waals surface area contributed by atoms with Gasteiger partial charge >= 0.3 is 5.69 Å². The predicted octanol–water partition coefficient (Wildman–Crippen LogP) is 3.51. The van der Waals surface area contributed by atoms with E-state index in [1.54, 1.807) is 24.3 Å². The summed E-state index contributed by atoms with van der Waals surface area (Å²) < 4.78 is 20.7. The minimum Gasteiger partial charge on any atom is -0.504 e. The van der Waals surface area contributed by atoms with Crippen LogP contribution in [-0.4, -0.2) is 38.5 Å². The number of aromatic hydroxyl groups is 1. The molecule has 0 unspecified atom stereocenters. The molecular formula is C18H19NO7. The molecular weight excluding hydrogens is 342 g/mol. The lowest BCUT2D eigenvalue weighted by Crippen LogP contribution is -1.95. The van der Waals surface area contributed by atoms with Gasteiger partial charge in [-0.05, 0) is 29.3 Å². The molecule has 0 aromatic heterocycles. The molecule has 2 aromatic rings. The van der Waals surface area contributed by atoms with Crippen molar-refractivity contribution in [3.63, 3.8) is 0 Å². The van der Waals surface area contributed by atoms with Crippen LogP contribution in [-0.2, 0) is 0 Å². The molecule has 26 heavy (non-hydrogen) atoms. The van der Waals surface area contributed by atoms with E-state index in [9.17, 15) is 15.2 Å². The number of nitrogens with zero attached hydrogens (tertiary/aromatic N) is 1. The number of hydrogen-bond acceptors (Lipinski definition) is 7. The van der Waals surface area contributed by atoms with E-state index >= 15 is 0 Å². The van der Waals surface area contributed by atoms with Crippen molar-refractivity contribution in [3.8, 4) is 28.7 Å². The van der Waals surface area contributed by atoms with E-state index in [1.807, 2.05) is 0 Å². The number of phenolic OH excluding ortho intramolecular Hbond substituents is 1. The van der Waals surface area contributed by atoms with Crippen molar-refractivity contribution in [1.82, 2.24) is 0 Å². The molecule has 0 atom stereocenters. The smallest absolute Gasteiger partial charge is 0.315 e. The number of nitro benzene ring substituents is 1. The van der Waals surface area contributed by atoms with Gasteiger partial charge in [0.15, 0.2) is 17.2 Å². The van der Waals surface area contributed by atoms with Crippen LogP contribution in [0.1, 0.15) is 11.1 Å². The highest BCUT2D eigenvalue weighted by molar-refractivity contribution is 5.75. The summed E-state index contributed by atoms with van der Waals surface area (Å²) in [5.74, 6) is 0.932. The maximum atomic E-state index is 11.1. The minimum absolute atomic E-state index is 0.181. The lowest BCUT2D eigenvalue weighted by atomic mass is 10.1. The van der Waals surface area contributed by atoms with Crippen LogP contribution in [0, 0.1) is 10.1 Å². The highest BCUT2D eigenvalue weighted by Gasteiger charge is 2.20. The van der Waals surface area contributed by atoms with Gasteiger partial charge in [0.05, 0.1) is 33.4 Å². The van der Waals surface area contributed by atoms with E-state index < -0.39 is 4.92 Å². The molecule has 0 saturated carbocycles. The Hall–Kier alpha value is -3.42. The largest absolute Gasteiger partial charge is 0.504 e. The molecule has 0 aliphatic carbocycles. The van der Waals surface area contributed by atoms with Crippen molar-refractivity contribution in [1.29, 1.82) is 0 Å². The second kappa shape index (κ2) is 8.11. The van der Waals surface area contributed by atoms with Crippen LogP contribution in [0.15, 0.2) is 24.3 Å². The molecule has 0 heterocycles. The number of nitro groups is 1. The first-order chi connectivity index (χ1) is 12.4. The van der Waals surface area contributed by atoms with Crippen LogP contribution in [0.4, 0.5) is 5.69 Å². The molecule has 0 aliphatic rings. The van der Waals surface area contributed by atoms with Crippen molar-refractivity contribution >= 4 is 17.8 Å². The molecule has 138 valence electrons. The second-order valence-corrected chi connectivity index (χ2v) is 5.14. The normalized spacial score (nSPS) is 10.6. The average Bonchev–Trinajstić information content (AvgIpc) is 2.64. The van der Waals surface area contributed by atoms with Gasteiger partial charge in [0, 0.05) is 6.07 Å². The summed E-state index contributed by atoms with van der Waals surface area (Å²) in [6.45, 7) is 0. The zero-order valence-electron chi connectivity index (χ0n) is 14.8. The summed E-state index contributed by atoms with van der Waals surface area (Å²) in [6.07, 6.45) is 3.32. The van der Waals surface area contributed by atoms with E-state index in [0.29, 0.717) is 22.8 Å². The molecule has 0 bridgehead atoms. The van der Waals surface area contributed by atoms with Gasteiger partial charge in [-0.25, -0.2) is 0 Å². The minimum atomic E-state index is -0.616. The monoisotopic (exact) mass is 361 g/mol. The summed E-state index contributed by atoms with van der Waals surface area (Å²) in [5, 5.41) is 21.1. The molecule has 0 saturated heterocycles. The zero-order chi connectivity index (χ0) is 19.3. The first kappa shape index (κ1) is 18.9. The molecule has 0 radical (unpaired) electrons. The van der Waals surface area contributed by atoms with Gasteiger partial charge in [-0.15, -0.1) is 0 Å². The summed E-state index contributed by atoms with van der Waals surface area (Å²) in [5.41, 5.74) is 0.832. The molecule has 8 nitrogen and oxygen atoms in total. The van der Waals surface area contributed by atoms with Crippen LogP contribution in [0.3, 0.4) is 0 Å². The first-order valence-corrected chi connectivity index (χ1v) is 7.48. The topological polar surface area (TPSA) is 100 Å². The van der Waals surface area contributed by atoms with Gasteiger partial charge in [-0.2, -0.15) is 0 Å². The fourth-order valence-electron chi connectivity index (χ4n) is 2.45. The van der Waals surface area contributed by atoms with Gasteiger partial charge in [-0.1, -0.05) is 12.2 Å². The highest BCUT2D eigenvalue weighted by atomic mass is 16.6. The molecule has 0 fully saturated rings. The van der Waals surface area contributed by atoms with Crippen LogP contribution in [0.2, 0.25) is 0 Å². The predicted molar refractivity (Wildman–Crippen MR) is 96.3 cm³/mol. The second-order valence-electron chi connectivity index (χ2n) is 5.14. The number of ether oxygens (including phenoxy) is 4. The summed E-state index contributed by atoms with van der Waals surface area (Å²) in [4.78, 5) is 10.5. The fraction of sp³-hybridized carbons (Fsp3) is 0.222. The molecule has 8 heteroatoms. The third-order valence-electron chi connectivity index (χ3n) is 3.63. The number of phenols is 1. The fourth-order valence-corrected chi connectivity index (χ4v) is 2.45. The van der Waals surface area contributed by atoms with Gasteiger partial charge in [0.25, 0.3) is 0 Å². The van der Waals surface area contributed by atoms with Crippen molar-refractivity contribution in [2.75, 3.05) is 28.4 Å². The maximum Gasteiger partial charge on any atom is 0.315 e. The summed E-state index contributed by atoms with van der Waals surface area (Å²) in [7, 11) is 5.79. The SMILES string of the molecule is COc1cc(/C=C\c2cc(O)c(OC)c([N+](=O)[O-])c2)cc(OC)c1OC. The molecule has 0 amide bonds. The van der Waals surface area contributed by atoms with Gasteiger partial charge in [-0.3, -0.25) is 10.1 Å². The number of benzene rings is 2. The summed E-state index contributed by atoms with van der Waals surface area (Å²) >= 11 is 0. The Bertz CT molecular complexity index is 821. The molecule has 2 aromatic carbocycles. The van der Waals surface area contributed by atoms with Crippen LogP contribution >= 0.6 is 0 Å². The lowest BCUT2D eigenvalue weighted by molar-refractivity contribution is -0.385. The zero-order valence-corrected chi connectivity index (χ0v) is 14.8. The Kier molecular flexibility index (Phi) is 5.90. The maximum absolute atomic E-state index is 11.1. The third kappa shape index (κ3) is 3.80. The first-order valence-electron chi connectivity index (χ1n) is 7.48. The Morgan fingerprint density at radius 1 is 0.846 bits per heavy atom. The molecule has 2 rings (SSSR count). The number of rotatable bonds is 7. The highest BCUT2D eigenvalue weighted by Crippen LogP contribution is 2.40. The van der Waals surface area contributed by atoms with Crippen molar-refractivity contribution < 1.29 is 29.0 Å².